The maximum atomic E-state index is 4.53. The third-order valence-electron chi connectivity index (χ3n) is 0. The van der Waals surface area contributed by atoms with Crippen LogP contribution in [0.1, 0.15) is 0 Å². The molecular weight excluding hydrogens is 144 g/mol. The molecule has 0 atom stereocenters. The van der Waals surface area contributed by atoms with E-state index in [1.54, 1.807) is 0 Å². The lowest BCUT2D eigenvalue weighted by Gasteiger charge is -1.62. The maximum Gasteiger partial charge on any atom is 0.129 e. The second-order valence-corrected chi connectivity index (χ2v) is 7.35. The Hall–Kier alpha value is 0.788. The Morgan fingerprint density at radius 3 is 0.667 bits per heavy atom. The Bertz CT molecular complexity index is 7.51. The van der Waals surface area contributed by atoms with Gasteiger partial charge in [0, 0.05) is 0 Å². The van der Waals surface area contributed by atoms with Gasteiger partial charge in [-0.25, -0.2) is 0 Å². The smallest absolute Gasteiger partial charge is 0.129 e. The Balaban J connectivity index is 0. The molecule has 40 valence electrons. The molecule has 0 rings (SSSR count). The summed E-state index contributed by atoms with van der Waals surface area (Å²) in [6, 6.07) is 0. The van der Waals surface area contributed by atoms with Crippen LogP contribution in [0.25, 0.3) is 0 Å². The van der Waals surface area contributed by atoms with Crippen LogP contribution >= 0.6 is 0 Å². The minimum atomic E-state index is 0.931. The first-order valence-corrected chi connectivity index (χ1v) is 4.90. The Morgan fingerprint density at radius 2 is 0.667 bits per heavy atom. The minimum absolute atomic E-state index is 0.931. The topological polar surface area (TPSA) is 18.5 Å². The fourth-order valence-corrected chi connectivity index (χ4v) is 0. The van der Waals surface area contributed by atoms with Crippen LogP contribution < -0.4 is 0 Å². The van der Waals surface area contributed by atoms with Crippen LogP contribution in [0.4, 0.5) is 0 Å². The second-order valence-electron chi connectivity index (χ2n) is 0.816. The van der Waals surface area contributed by atoms with Crippen molar-refractivity contribution in [1.29, 1.82) is 0 Å². The van der Waals surface area contributed by atoms with Crippen LogP contribution in [0.2, 0.25) is 0 Å². The standard InChI is InChI=1S/2H6OSi2/c2*2-1-3/h2*2-3H3. The maximum absolute atomic E-state index is 4.53. The van der Waals surface area contributed by atoms with Gasteiger partial charge < -0.3 is 8.23 Å². The van der Waals surface area contributed by atoms with Gasteiger partial charge in [0.2, 0.25) is 0 Å². The summed E-state index contributed by atoms with van der Waals surface area (Å²) in [7, 11) is 3.72. The van der Waals surface area contributed by atoms with E-state index in [0.29, 0.717) is 0 Å². The van der Waals surface area contributed by atoms with Gasteiger partial charge in [-0.1, -0.05) is 0 Å². The van der Waals surface area contributed by atoms with Crippen molar-refractivity contribution in [3.63, 3.8) is 0 Å². The molecule has 0 saturated carbocycles. The molecule has 0 heterocycles. The van der Waals surface area contributed by atoms with Crippen LogP contribution in [0, 0.1) is 0 Å². The molecule has 0 N–H and O–H groups in total. The van der Waals surface area contributed by atoms with E-state index in [9.17, 15) is 0 Å². The summed E-state index contributed by atoms with van der Waals surface area (Å²) < 4.78 is 9.06. The van der Waals surface area contributed by atoms with Crippen molar-refractivity contribution in [3.05, 3.63) is 0 Å². The molecule has 6 heteroatoms. The molecule has 0 aliphatic rings. The lowest BCUT2D eigenvalue weighted by molar-refractivity contribution is 0.690. The minimum Gasteiger partial charge on any atom is -0.471 e. The second kappa shape index (κ2) is 17.1. The van der Waals surface area contributed by atoms with E-state index >= 15 is 0 Å². The molecule has 0 aliphatic heterocycles. The Labute approximate surface area is 50.8 Å². The largest absolute Gasteiger partial charge is 0.471 e. The highest BCUT2D eigenvalue weighted by Gasteiger charge is 1.28. The number of rotatable bonds is 0. The van der Waals surface area contributed by atoms with Crippen molar-refractivity contribution in [2.24, 2.45) is 0 Å². The molecule has 0 bridgehead atoms. The highest BCUT2D eigenvalue weighted by atomic mass is 28.3. The van der Waals surface area contributed by atoms with Crippen molar-refractivity contribution in [2.45, 2.75) is 0 Å². The summed E-state index contributed by atoms with van der Waals surface area (Å²) >= 11 is 0. The van der Waals surface area contributed by atoms with Crippen LogP contribution in [-0.2, 0) is 8.23 Å². The Morgan fingerprint density at radius 1 is 0.667 bits per heavy atom. The molecule has 0 radical (unpaired) electrons. The summed E-state index contributed by atoms with van der Waals surface area (Å²) in [6.45, 7) is 0. The van der Waals surface area contributed by atoms with E-state index in [0.717, 1.165) is 41.9 Å². The zero-order valence-electron chi connectivity index (χ0n) is 4.82. The third-order valence-corrected chi connectivity index (χ3v) is 0. The monoisotopic (exact) mass is 156 g/mol. The zero-order chi connectivity index (χ0) is 5.41. The Kier molecular flexibility index (Phi) is 28.2. The molecule has 0 unspecified atom stereocenters. The molecule has 0 aromatic rings. The highest BCUT2D eigenvalue weighted by Crippen LogP contribution is 1.20. The summed E-state index contributed by atoms with van der Waals surface area (Å²) in [5.74, 6) is 0. The van der Waals surface area contributed by atoms with Crippen LogP contribution in [0.3, 0.4) is 0 Å². The first-order valence-electron chi connectivity index (χ1n) is 1.63. The lowest BCUT2D eigenvalue weighted by Crippen LogP contribution is -1.65. The molecule has 0 aromatic carbocycles. The molecule has 0 aromatic heterocycles. The van der Waals surface area contributed by atoms with Gasteiger partial charge in [-0.05, 0) is 0 Å². The third kappa shape index (κ3) is 111. The van der Waals surface area contributed by atoms with Gasteiger partial charge in [-0.3, -0.25) is 0 Å². The van der Waals surface area contributed by atoms with Crippen LogP contribution in [0.15, 0.2) is 0 Å². The first-order chi connectivity index (χ1) is 2.83. The van der Waals surface area contributed by atoms with E-state index in [1.807, 2.05) is 0 Å². The SMILES string of the molecule is [SiH3]O[SiH3].[SiH3]O[SiH3]. The molecule has 0 amide bonds. The highest BCUT2D eigenvalue weighted by molar-refractivity contribution is 6.15. The van der Waals surface area contributed by atoms with Gasteiger partial charge in [0.25, 0.3) is 0 Å². The molecule has 0 fully saturated rings. The quantitative estimate of drug-likeness (QED) is 0.328. The summed E-state index contributed by atoms with van der Waals surface area (Å²) in [6.07, 6.45) is 0. The van der Waals surface area contributed by atoms with Crippen molar-refractivity contribution in [1.82, 2.24) is 0 Å². The van der Waals surface area contributed by atoms with E-state index in [2.05, 4.69) is 8.23 Å². The van der Waals surface area contributed by atoms with Crippen LogP contribution in [0.5, 0.6) is 0 Å². The fraction of sp³-hybridized carbons (Fsp3) is 0. The van der Waals surface area contributed by atoms with E-state index in [1.165, 1.54) is 0 Å². The average Bonchev–Trinajstić information content (AvgIpc) is 1.39. The average molecular weight is 156 g/mol. The molecular formula is H12O2Si4. The van der Waals surface area contributed by atoms with E-state index < -0.39 is 0 Å². The van der Waals surface area contributed by atoms with Gasteiger partial charge in [-0.15, -0.1) is 0 Å². The normalized spacial score (nSPS) is 8.00. The predicted octanol–water partition coefficient (Wildman–Crippen LogP) is -4.87. The van der Waals surface area contributed by atoms with Gasteiger partial charge in [0.15, 0.2) is 0 Å². The van der Waals surface area contributed by atoms with Crippen LogP contribution in [-0.4, -0.2) is 41.9 Å². The van der Waals surface area contributed by atoms with Gasteiger partial charge in [0.05, 0.1) is 0 Å². The van der Waals surface area contributed by atoms with Crippen molar-refractivity contribution in [3.8, 4) is 0 Å². The molecule has 0 saturated heterocycles. The van der Waals surface area contributed by atoms with Crippen molar-refractivity contribution in [2.75, 3.05) is 0 Å². The lowest BCUT2D eigenvalue weighted by atomic mass is 15.8. The fourth-order valence-electron chi connectivity index (χ4n) is 0. The van der Waals surface area contributed by atoms with Gasteiger partial charge in [0.1, 0.15) is 41.9 Å². The van der Waals surface area contributed by atoms with E-state index in [-0.39, 0.29) is 0 Å². The van der Waals surface area contributed by atoms with Gasteiger partial charge >= 0.3 is 0 Å². The summed E-state index contributed by atoms with van der Waals surface area (Å²) in [5, 5.41) is 0. The van der Waals surface area contributed by atoms with Crippen molar-refractivity contribution < 1.29 is 8.23 Å². The van der Waals surface area contributed by atoms with E-state index in [4.69, 9.17) is 0 Å². The molecule has 0 spiro atoms. The summed E-state index contributed by atoms with van der Waals surface area (Å²) in [5.41, 5.74) is 0. The number of hydrogen-bond acceptors (Lipinski definition) is 2. The summed E-state index contributed by atoms with van der Waals surface area (Å²) in [4.78, 5) is 0. The zero-order valence-corrected chi connectivity index (χ0v) is 12.8. The molecule has 2 nitrogen and oxygen atoms in total. The first kappa shape index (κ1) is 9.92. The molecule has 0 aliphatic carbocycles. The van der Waals surface area contributed by atoms with Gasteiger partial charge in [-0.2, -0.15) is 0 Å². The number of hydrogen-bond donors (Lipinski definition) is 0. The molecule has 6 heavy (non-hydrogen) atoms. The van der Waals surface area contributed by atoms with Crippen molar-refractivity contribution >= 4 is 41.9 Å². The predicted molar refractivity (Wildman–Crippen MR) is 41.9 cm³/mol.